The number of hydrogen-bond donors (Lipinski definition) is 2. The van der Waals surface area contributed by atoms with E-state index < -0.39 is 11.8 Å². The van der Waals surface area contributed by atoms with Crippen LogP contribution in [-0.4, -0.2) is 18.4 Å². The number of thiophene rings is 1. The molecule has 0 bridgehead atoms. The van der Waals surface area contributed by atoms with Crippen molar-refractivity contribution in [1.82, 2.24) is 5.32 Å². The fourth-order valence-electron chi connectivity index (χ4n) is 3.43. The van der Waals surface area contributed by atoms with Gasteiger partial charge in [-0.25, -0.2) is 0 Å². The molecule has 1 saturated carbocycles. The Labute approximate surface area is 146 Å². The molecule has 4 nitrogen and oxygen atoms in total. The average Bonchev–Trinajstić information content (AvgIpc) is 3.24. The third kappa shape index (κ3) is 3.67. The van der Waals surface area contributed by atoms with Crippen molar-refractivity contribution < 1.29 is 9.59 Å². The molecule has 1 aromatic heterocycles. The van der Waals surface area contributed by atoms with Crippen molar-refractivity contribution in [3.63, 3.8) is 0 Å². The number of amides is 2. The zero-order valence-electron chi connectivity index (χ0n) is 13.8. The first kappa shape index (κ1) is 16.7. The zero-order valence-corrected chi connectivity index (χ0v) is 14.6. The Morgan fingerprint density at radius 1 is 1.17 bits per heavy atom. The standard InChI is InChI=1S/C19H22N2O2S/c1-14-5-4-6-16(11-14)21-18(23)17(22)20-13-19(8-2-3-9-19)15-7-10-24-12-15/h4-7,10-12H,2-3,8-9,13H2,1H3,(H,20,22)(H,21,23). The van der Waals surface area contributed by atoms with E-state index >= 15 is 0 Å². The van der Waals surface area contributed by atoms with Gasteiger partial charge in [-0.15, -0.1) is 0 Å². The average molecular weight is 342 g/mol. The highest BCUT2D eigenvalue weighted by molar-refractivity contribution is 7.08. The van der Waals surface area contributed by atoms with E-state index in [-0.39, 0.29) is 5.41 Å². The first-order chi connectivity index (χ1) is 11.6. The minimum atomic E-state index is -0.612. The Hall–Kier alpha value is -2.14. The van der Waals surface area contributed by atoms with Crippen molar-refractivity contribution in [3.8, 4) is 0 Å². The molecule has 1 fully saturated rings. The van der Waals surface area contributed by atoms with Gasteiger partial charge < -0.3 is 10.6 Å². The molecular weight excluding hydrogens is 320 g/mol. The van der Waals surface area contributed by atoms with Gasteiger partial charge in [-0.05, 0) is 59.9 Å². The largest absolute Gasteiger partial charge is 0.347 e. The Balaban J connectivity index is 1.61. The number of hydrogen-bond acceptors (Lipinski definition) is 3. The normalized spacial score (nSPS) is 15.9. The van der Waals surface area contributed by atoms with Crippen molar-refractivity contribution in [3.05, 3.63) is 52.2 Å². The highest BCUT2D eigenvalue weighted by Crippen LogP contribution is 2.41. The van der Waals surface area contributed by atoms with Crippen LogP contribution in [-0.2, 0) is 15.0 Å². The molecule has 0 spiro atoms. The van der Waals surface area contributed by atoms with Crippen LogP contribution in [0.3, 0.4) is 0 Å². The van der Waals surface area contributed by atoms with E-state index in [1.165, 1.54) is 18.4 Å². The van der Waals surface area contributed by atoms with Crippen LogP contribution < -0.4 is 10.6 Å². The molecule has 126 valence electrons. The molecule has 0 radical (unpaired) electrons. The van der Waals surface area contributed by atoms with Gasteiger partial charge >= 0.3 is 11.8 Å². The van der Waals surface area contributed by atoms with E-state index in [2.05, 4.69) is 27.5 Å². The monoisotopic (exact) mass is 342 g/mol. The van der Waals surface area contributed by atoms with Gasteiger partial charge in [0.1, 0.15) is 0 Å². The summed E-state index contributed by atoms with van der Waals surface area (Å²) in [5.74, 6) is -1.18. The number of aryl methyl sites for hydroxylation is 1. The Morgan fingerprint density at radius 2 is 1.96 bits per heavy atom. The van der Waals surface area contributed by atoms with Gasteiger partial charge in [-0.3, -0.25) is 9.59 Å². The number of benzene rings is 1. The van der Waals surface area contributed by atoms with E-state index in [0.717, 1.165) is 18.4 Å². The fourth-order valence-corrected chi connectivity index (χ4v) is 4.20. The van der Waals surface area contributed by atoms with Crippen molar-refractivity contribution in [2.45, 2.75) is 38.0 Å². The van der Waals surface area contributed by atoms with Crippen LogP contribution in [0.4, 0.5) is 5.69 Å². The Kier molecular flexibility index (Phi) is 5.00. The lowest BCUT2D eigenvalue weighted by molar-refractivity contribution is -0.136. The number of carbonyl (C=O) groups excluding carboxylic acids is 2. The Morgan fingerprint density at radius 3 is 2.62 bits per heavy atom. The molecule has 5 heteroatoms. The van der Waals surface area contributed by atoms with Gasteiger partial charge in [0.2, 0.25) is 0 Å². The highest BCUT2D eigenvalue weighted by Gasteiger charge is 2.36. The molecule has 2 aromatic rings. The maximum Gasteiger partial charge on any atom is 0.313 e. The van der Waals surface area contributed by atoms with E-state index in [4.69, 9.17) is 0 Å². The molecular formula is C19H22N2O2S. The summed E-state index contributed by atoms with van der Waals surface area (Å²) in [6.07, 6.45) is 4.45. The van der Waals surface area contributed by atoms with Crippen LogP contribution >= 0.6 is 11.3 Å². The highest BCUT2D eigenvalue weighted by atomic mass is 32.1. The van der Waals surface area contributed by atoms with Crippen molar-refractivity contribution in [2.75, 3.05) is 11.9 Å². The second kappa shape index (κ2) is 7.18. The van der Waals surface area contributed by atoms with Crippen LogP contribution in [0.1, 0.15) is 36.8 Å². The second-order valence-corrected chi connectivity index (χ2v) is 7.29. The van der Waals surface area contributed by atoms with Crippen molar-refractivity contribution in [1.29, 1.82) is 0 Å². The molecule has 0 unspecified atom stereocenters. The predicted molar refractivity (Wildman–Crippen MR) is 97.3 cm³/mol. The third-order valence-electron chi connectivity index (χ3n) is 4.76. The van der Waals surface area contributed by atoms with E-state index in [1.54, 1.807) is 17.4 Å². The van der Waals surface area contributed by atoms with E-state index in [0.29, 0.717) is 12.2 Å². The van der Waals surface area contributed by atoms with E-state index in [1.807, 2.05) is 25.1 Å². The molecule has 2 amide bonds. The maximum atomic E-state index is 12.2. The first-order valence-electron chi connectivity index (χ1n) is 8.28. The number of anilines is 1. The van der Waals surface area contributed by atoms with Gasteiger partial charge in [-0.2, -0.15) is 11.3 Å². The lowest BCUT2D eigenvalue weighted by Gasteiger charge is -2.28. The number of carbonyl (C=O) groups is 2. The summed E-state index contributed by atoms with van der Waals surface area (Å²) in [6.45, 7) is 2.46. The summed E-state index contributed by atoms with van der Waals surface area (Å²) >= 11 is 1.68. The summed E-state index contributed by atoms with van der Waals surface area (Å²) in [7, 11) is 0. The predicted octanol–water partition coefficient (Wildman–Crippen LogP) is 3.62. The molecule has 0 saturated heterocycles. The molecule has 2 N–H and O–H groups in total. The molecule has 1 heterocycles. The fraction of sp³-hybridized carbons (Fsp3) is 0.368. The van der Waals surface area contributed by atoms with Crippen molar-refractivity contribution in [2.24, 2.45) is 0 Å². The Bertz CT molecular complexity index is 719. The summed E-state index contributed by atoms with van der Waals surface area (Å²) in [6, 6.07) is 9.55. The smallest absolute Gasteiger partial charge is 0.313 e. The van der Waals surface area contributed by atoms with Gasteiger partial charge in [-0.1, -0.05) is 25.0 Å². The minimum absolute atomic E-state index is 0.0146. The first-order valence-corrected chi connectivity index (χ1v) is 9.22. The molecule has 0 aliphatic heterocycles. The quantitative estimate of drug-likeness (QED) is 0.834. The summed E-state index contributed by atoms with van der Waals surface area (Å²) in [4.78, 5) is 24.3. The van der Waals surface area contributed by atoms with Gasteiger partial charge in [0, 0.05) is 17.6 Å². The van der Waals surface area contributed by atoms with Crippen LogP contribution in [0, 0.1) is 6.92 Å². The van der Waals surface area contributed by atoms with Gasteiger partial charge in [0.05, 0.1) is 0 Å². The van der Waals surface area contributed by atoms with E-state index in [9.17, 15) is 9.59 Å². The van der Waals surface area contributed by atoms with Gasteiger partial charge in [0.25, 0.3) is 0 Å². The van der Waals surface area contributed by atoms with Crippen LogP contribution in [0.25, 0.3) is 0 Å². The summed E-state index contributed by atoms with van der Waals surface area (Å²) < 4.78 is 0. The molecule has 3 rings (SSSR count). The molecule has 24 heavy (non-hydrogen) atoms. The number of nitrogens with one attached hydrogen (secondary N) is 2. The zero-order chi connectivity index (χ0) is 17.0. The molecule has 1 aliphatic carbocycles. The lowest BCUT2D eigenvalue weighted by atomic mass is 9.80. The summed E-state index contributed by atoms with van der Waals surface area (Å²) in [5, 5.41) is 9.73. The third-order valence-corrected chi connectivity index (χ3v) is 5.45. The van der Waals surface area contributed by atoms with Crippen LogP contribution in [0.15, 0.2) is 41.1 Å². The number of rotatable bonds is 4. The minimum Gasteiger partial charge on any atom is -0.347 e. The van der Waals surface area contributed by atoms with Gasteiger partial charge in [0.15, 0.2) is 0 Å². The molecule has 1 aromatic carbocycles. The second-order valence-electron chi connectivity index (χ2n) is 6.51. The summed E-state index contributed by atoms with van der Waals surface area (Å²) in [5.41, 5.74) is 2.95. The van der Waals surface area contributed by atoms with Crippen LogP contribution in [0.2, 0.25) is 0 Å². The van der Waals surface area contributed by atoms with Crippen LogP contribution in [0.5, 0.6) is 0 Å². The molecule has 0 atom stereocenters. The van der Waals surface area contributed by atoms with Crippen molar-refractivity contribution >= 4 is 28.8 Å². The lowest BCUT2D eigenvalue weighted by Crippen LogP contribution is -2.43. The maximum absolute atomic E-state index is 12.2. The SMILES string of the molecule is Cc1cccc(NC(=O)C(=O)NCC2(c3ccsc3)CCCC2)c1. The topological polar surface area (TPSA) is 58.2 Å². The molecule has 1 aliphatic rings.